The number of amides is 1. The van der Waals surface area contributed by atoms with E-state index >= 15 is 0 Å². The first kappa shape index (κ1) is 18.6. The molecule has 0 atom stereocenters. The average molecular weight is 362 g/mol. The maximum atomic E-state index is 12.1. The lowest BCUT2D eigenvalue weighted by atomic mass is 10.2. The quantitative estimate of drug-likeness (QED) is 0.575. The predicted octanol–water partition coefficient (Wildman–Crippen LogP) is 1.59. The Morgan fingerprint density at radius 3 is 2.40 bits per heavy atom. The number of Topliss-reactive ketones (excluding diaryl/α,β-unsaturated/α-hetero) is 1. The number of ketones is 1. The molecule has 0 heterocycles. The van der Waals surface area contributed by atoms with Crippen LogP contribution in [-0.2, 0) is 14.8 Å². The van der Waals surface area contributed by atoms with E-state index < -0.39 is 15.9 Å². The number of carbonyl (C=O) groups is 2. The van der Waals surface area contributed by atoms with Crippen molar-refractivity contribution in [1.82, 2.24) is 10.3 Å². The molecule has 7 nitrogen and oxygen atoms in total. The first-order valence-corrected chi connectivity index (χ1v) is 8.87. The summed E-state index contributed by atoms with van der Waals surface area (Å²) in [6.45, 7) is 2.91. The number of nitrogens with one attached hydrogen (secondary N) is 2. The second-order valence-corrected chi connectivity index (χ2v) is 7.02. The second kappa shape index (κ2) is 7.91. The van der Waals surface area contributed by atoms with Crippen molar-refractivity contribution in [2.75, 3.05) is 6.61 Å². The van der Waals surface area contributed by atoms with Crippen molar-refractivity contribution >= 4 is 21.7 Å². The van der Waals surface area contributed by atoms with Crippen molar-refractivity contribution in [2.45, 2.75) is 18.7 Å². The van der Waals surface area contributed by atoms with Gasteiger partial charge in [0.1, 0.15) is 5.75 Å². The maximum absolute atomic E-state index is 12.1. The monoisotopic (exact) mass is 362 g/mol. The Balaban J connectivity index is 1.92. The number of benzene rings is 2. The van der Waals surface area contributed by atoms with Crippen LogP contribution in [0.1, 0.15) is 22.8 Å². The molecule has 0 spiro atoms. The van der Waals surface area contributed by atoms with Gasteiger partial charge in [0.25, 0.3) is 15.9 Å². The molecule has 0 fully saturated rings. The van der Waals surface area contributed by atoms with Gasteiger partial charge in [-0.25, -0.2) is 8.42 Å². The first-order chi connectivity index (χ1) is 11.8. The Morgan fingerprint density at radius 2 is 1.76 bits per heavy atom. The summed E-state index contributed by atoms with van der Waals surface area (Å²) in [5.41, 5.74) is 3.38. The van der Waals surface area contributed by atoms with Crippen LogP contribution in [0.3, 0.4) is 0 Å². The zero-order chi connectivity index (χ0) is 18.4. The van der Waals surface area contributed by atoms with Crippen LogP contribution >= 0.6 is 0 Å². The van der Waals surface area contributed by atoms with Gasteiger partial charge in [0.2, 0.25) is 0 Å². The molecule has 2 aromatic rings. The number of sulfonamides is 1. The van der Waals surface area contributed by atoms with Gasteiger partial charge in [-0.05, 0) is 38.1 Å². The van der Waals surface area contributed by atoms with Crippen LogP contribution in [0, 0.1) is 6.92 Å². The van der Waals surface area contributed by atoms with E-state index in [4.69, 9.17) is 4.74 Å². The molecule has 0 aliphatic rings. The molecule has 132 valence electrons. The minimum absolute atomic E-state index is 0.125. The minimum Gasteiger partial charge on any atom is -0.484 e. The number of hydrogen-bond donors (Lipinski definition) is 2. The molecule has 0 radical (unpaired) electrons. The highest BCUT2D eigenvalue weighted by Gasteiger charge is 2.16. The van der Waals surface area contributed by atoms with Gasteiger partial charge in [0.05, 0.1) is 4.90 Å². The van der Waals surface area contributed by atoms with Crippen molar-refractivity contribution in [3.63, 3.8) is 0 Å². The van der Waals surface area contributed by atoms with E-state index in [0.717, 1.165) is 5.56 Å². The molecule has 0 unspecified atom stereocenters. The fraction of sp³-hybridized carbons (Fsp3) is 0.176. The van der Waals surface area contributed by atoms with Crippen LogP contribution in [0.4, 0.5) is 0 Å². The Labute approximate surface area is 146 Å². The predicted molar refractivity (Wildman–Crippen MR) is 91.6 cm³/mol. The third kappa shape index (κ3) is 5.40. The van der Waals surface area contributed by atoms with Crippen molar-refractivity contribution < 1.29 is 22.7 Å². The molecule has 2 aromatic carbocycles. The Morgan fingerprint density at radius 1 is 1.08 bits per heavy atom. The molecule has 2 rings (SSSR count). The molecule has 0 aliphatic carbocycles. The summed E-state index contributed by atoms with van der Waals surface area (Å²) in [6, 6.07) is 12.6. The lowest BCUT2D eigenvalue weighted by Crippen LogP contribution is -2.43. The molecule has 0 saturated heterocycles. The van der Waals surface area contributed by atoms with E-state index in [-0.39, 0.29) is 22.8 Å². The number of rotatable bonds is 7. The van der Waals surface area contributed by atoms with Crippen LogP contribution < -0.4 is 15.0 Å². The van der Waals surface area contributed by atoms with Gasteiger partial charge < -0.3 is 4.74 Å². The zero-order valence-corrected chi connectivity index (χ0v) is 14.6. The lowest BCUT2D eigenvalue weighted by molar-refractivity contribution is -0.123. The molecule has 8 heteroatoms. The first-order valence-electron chi connectivity index (χ1n) is 7.39. The molecule has 0 aliphatic heterocycles. The Bertz CT molecular complexity index is 876. The minimum atomic E-state index is -3.99. The summed E-state index contributed by atoms with van der Waals surface area (Å²) in [5.74, 6) is -0.419. The van der Waals surface area contributed by atoms with Gasteiger partial charge in [0.15, 0.2) is 12.4 Å². The second-order valence-electron chi connectivity index (χ2n) is 5.34. The van der Waals surface area contributed by atoms with Crippen LogP contribution in [0.15, 0.2) is 53.4 Å². The summed E-state index contributed by atoms with van der Waals surface area (Å²) in [4.78, 5) is 24.9. The third-order valence-corrected chi connectivity index (χ3v) is 4.51. The zero-order valence-electron chi connectivity index (χ0n) is 13.8. The summed E-state index contributed by atoms with van der Waals surface area (Å²) in [6.07, 6.45) is 0. The number of aryl methyl sites for hydroxylation is 1. The summed E-state index contributed by atoms with van der Waals surface area (Å²) < 4.78 is 29.5. The standard InChI is InChI=1S/C17H18N2O5S/c1-12-6-8-15(9-7-12)24-11-17(21)18-19-25(22,23)16-5-3-4-14(10-16)13(2)20/h3-10,19H,11H2,1-2H3,(H,18,21). The molecular weight excluding hydrogens is 344 g/mol. The largest absolute Gasteiger partial charge is 0.484 e. The maximum Gasteiger partial charge on any atom is 0.272 e. The Kier molecular flexibility index (Phi) is 5.89. The number of ether oxygens (including phenoxy) is 1. The number of hydrogen-bond acceptors (Lipinski definition) is 5. The summed E-state index contributed by atoms with van der Waals surface area (Å²) in [5, 5.41) is 0. The lowest BCUT2D eigenvalue weighted by Gasteiger charge is -2.10. The molecule has 0 saturated carbocycles. The van der Waals surface area contributed by atoms with Gasteiger partial charge in [-0.3, -0.25) is 15.0 Å². The topological polar surface area (TPSA) is 102 Å². The van der Waals surface area contributed by atoms with E-state index in [1.54, 1.807) is 12.1 Å². The van der Waals surface area contributed by atoms with E-state index in [9.17, 15) is 18.0 Å². The summed E-state index contributed by atoms with van der Waals surface area (Å²) in [7, 11) is -3.99. The van der Waals surface area contributed by atoms with Crippen molar-refractivity contribution in [2.24, 2.45) is 0 Å². The highest BCUT2D eigenvalue weighted by Crippen LogP contribution is 2.12. The van der Waals surface area contributed by atoms with Crippen LogP contribution in [-0.4, -0.2) is 26.7 Å². The fourth-order valence-corrected chi connectivity index (χ4v) is 2.79. The molecular formula is C17H18N2O5S. The Hall–Kier alpha value is -2.71. The van der Waals surface area contributed by atoms with E-state index in [2.05, 4.69) is 5.43 Å². The molecule has 25 heavy (non-hydrogen) atoms. The summed E-state index contributed by atoms with van der Waals surface area (Å²) >= 11 is 0. The van der Waals surface area contributed by atoms with Crippen molar-refractivity contribution in [3.8, 4) is 5.75 Å². The van der Waals surface area contributed by atoms with Crippen LogP contribution in [0.2, 0.25) is 0 Å². The normalized spacial score (nSPS) is 11.0. The van der Waals surface area contributed by atoms with Crippen LogP contribution in [0.25, 0.3) is 0 Å². The van der Waals surface area contributed by atoms with Gasteiger partial charge in [-0.1, -0.05) is 29.8 Å². The van der Waals surface area contributed by atoms with E-state index in [1.807, 2.05) is 23.9 Å². The molecule has 2 N–H and O–H groups in total. The highest BCUT2D eigenvalue weighted by molar-refractivity contribution is 7.89. The van der Waals surface area contributed by atoms with Gasteiger partial charge in [-0.15, -0.1) is 4.83 Å². The van der Waals surface area contributed by atoms with E-state index in [0.29, 0.717) is 5.75 Å². The van der Waals surface area contributed by atoms with E-state index in [1.165, 1.54) is 31.2 Å². The molecule has 0 aromatic heterocycles. The molecule has 1 amide bonds. The van der Waals surface area contributed by atoms with Gasteiger partial charge in [0, 0.05) is 5.56 Å². The highest BCUT2D eigenvalue weighted by atomic mass is 32.2. The molecule has 0 bridgehead atoms. The average Bonchev–Trinajstić information content (AvgIpc) is 2.59. The fourth-order valence-electron chi connectivity index (χ4n) is 1.88. The SMILES string of the molecule is CC(=O)c1cccc(S(=O)(=O)NNC(=O)COc2ccc(C)cc2)c1. The van der Waals surface area contributed by atoms with Crippen LogP contribution in [0.5, 0.6) is 5.75 Å². The van der Waals surface area contributed by atoms with Crippen molar-refractivity contribution in [1.29, 1.82) is 0 Å². The smallest absolute Gasteiger partial charge is 0.272 e. The van der Waals surface area contributed by atoms with Crippen molar-refractivity contribution in [3.05, 3.63) is 59.7 Å². The number of hydrazine groups is 1. The third-order valence-electron chi connectivity index (χ3n) is 3.27. The van der Waals surface area contributed by atoms with Gasteiger partial charge in [-0.2, -0.15) is 0 Å². The number of carbonyl (C=O) groups excluding carboxylic acids is 2. The van der Waals surface area contributed by atoms with Gasteiger partial charge >= 0.3 is 0 Å².